The second-order valence-corrected chi connectivity index (χ2v) is 4.73. The lowest BCUT2D eigenvalue weighted by molar-refractivity contribution is -0.136. The van der Waals surface area contributed by atoms with E-state index in [0.29, 0.717) is 5.92 Å². The minimum atomic E-state index is -0.814. The smallest absolute Gasteiger partial charge is 0.309 e. The van der Waals surface area contributed by atoms with E-state index in [1.54, 1.807) is 0 Å². The zero-order chi connectivity index (χ0) is 11.8. The minimum absolute atomic E-state index is 0.0184. The second kappa shape index (κ2) is 4.07. The minimum Gasteiger partial charge on any atom is -0.481 e. The van der Waals surface area contributed by atoms with Gasteiger partial charge in [-0.1, -0.05) is 0 Å². The van der Waals surface area contributed by atoms with Gasteiger partial charge in [-0.3, -0.25) is 4.79 Å². The number of aromatic nitrogens is 2. The Bertz CT molecular complexity index is 469. The number of carboxylic acids is 1. The third kappa shape index (κ3) is 2.15. The first kappa shape index (κ1) is 10.7. The molecule has 0 atom stereocenters. The average Bonchev–Trinajstić information content (AvgIpc) is 3.12. The number of carbonyl (C=O) groups is 1. The fourth-order valence-corrected chi connectivity index (χ4v) is 2.27. The molecular formula is C12H15N3O2. The van der Waals surface area contributed by atoms with Crippen LogP contribution in [-0.2, 0) is 24.2 Å². The van der Waals surface area contributed by atoms with Crippen molar-refractivity contribution in [3.63, 3.8) is 0 Å². The molecule has 1 saturated carbocycles. The molecule has 0 bridgehead atoms. The lowest BCUT2D eigenvalue weighted by Gasteiger charge is -2.19. The summed E-state index contributed by atoms with van der Waals surface area (Å²) in [6.07, 6.45) is 3.13. The number of hydrogen-bond donors (Lipinski definition) is 2. The highest BCUT2D eigenvalue weighted by Gasteiger charge is 2.29. The van der Waals surface area contributed by atoms with Crippen molar-refractivity contribution >= 4 is 5.97 Å². The predicted octanol–water partition coefficient (Wildman–Crippen LogP) is 0.627. The molecule has 3 rings (SSSR count). The molecule has 1 aromatic heterocycles. The normalized spacial score (nSPS) is 18.8. The first-order valence-electron chi connectivity index (χ1n) is 6.05. The fourth-order valence-electron chi connectivity index (χ4n) is 2.27. The van der Waals surface area contributed by atoms with Gasteiger partial charge < -0.3 is 10.4 Å². The first-order chi connectivity index (χ1) is 8.24. The monoisotopic (exact) mass is 233 g/mol. The predicted molar refractivity (Wildman–Crippen MR) is 60.8 cm³/mol. The van der Waals surface area contributed by atoms with E-state index >= 15 is 0 Å². The van der Waals surface area contributed by atoms with Crippen molar-refractivity contribution in [2.24, 2.45) is 0 Å². The molecule has 0 saturated heterocycles. The van der Waals surface area contributed by atoms with Crippen molar-refractivity contribution in [2.75, 3.05) is 6.54 Å². The van der Waals surface area contributed by atoms with Crippen LogP contribution in [0.2, 0.25) is 0 Å². The Hall–Kier alpha value is -1.49. The Labute approximate surface area is 99.3 Å². The molecule has 17 heavy (non-hydrogen) atoms. The van der Waals surface area contributed by atoms with E-state index in [2.05, 4.69) is 15.3 Å². The van der Waals surface area contributed by atoms with Crippen molar-refractivity contribution in [2.45, 2.75) is 38.1 Å². The molecule has 0 spiro atoms. The van der Waals surface area contributed by atoms with Crippen molar-refractivity contribution in [3.8, 4) is 0 Å². The fraction of sp³-hybridized carbons (Fsp3) is 0.583. The van der Waals surface area contributed by atoms with Crippen LogP contribution < -0.4 is 5.32 Å². The molecule has 2 aliphatic rings. The molecule has 1 fully saturated rings. The van der Waals surface area contributed by atoms with Gasteiger partial charge in [-0.25, -0.2) is 9.97 Å². The largest absolute Gasteiger partial charge is 0.481 e. The highest BCUT2D eigenvalue weighted by atomic mass is 16.4. The van der Waals surface area contributed by atoms with Gasteiger partial charge in [0.1, 0.15) is 5.82 Å². The van der Waals surface area contributed by atoms with E-state index in [1.807, 2.05) is 0 Å². The number of carboxylic acid groups (broad SMARTS) is 1. The summed E-state index contributed by atoms with van der Waals surface area (Å²) < 4.78 is 0. The van der Waals surface area contributed by atoms with Gasteiger partial charge in [0, 0.05) is 12.5 Å². The number of fused-ring (bicyclic) bond motifs is 1. The van der Waals surface area contributed by atoms with Gasteiger partial charge in [0.2, 0.25) is 0 Å². The first-order valence-corrected chi connectivity index (χ1v) is 6.05. The number of aliphatic carboxylic acids is 1. The van der Waals surface area contributed by atoms with Gasteiger partial charge in [-0.2, -0.15) is 0 Å². The van der Waals surface area contributed by atoms with E-state index < -0.39 is 5.97 Å². The highest BCUT2D eigenvalue weighted by Crippen LogP contribution is 2.38. The Balaban J connectivity index is 2.02. The zero-order valence-corrected chi connectivity index (χ0v) is 9.57. The third-order valence-corrected chi connectivity index (χ3v) is 3.30. The van der Waals surface area contributed by atoms with E-state index in [9.17, 15) is 4.79 Å². The zero-order valence-electron chi connectivity index (χ0n) is 9.57. The molecule has 2 heterocycles. The van der Waals surface area contributed by atoms with Crippen LogP contribution in [0.3, 0.4) is 0 Å². The Morgan fingerprint density at radius 1 is 1.41 bits per heavy atom. The SMILES string of the molecule is O=C(O)Cc1nc(C2CC2)nc2c1CCNC2. The maximum atomic E-state index is 10.9. The number of rotatable bonds is 3. The maximum absolute atomic E-state index is 10.9. The molecule has 0 amide bonds. The van der Waals surface area contributed by atoms with Crippen molar-refractivity contribution in [3.05, 3.63) is 22.8 Å². The van der Waals surface area contributed by atoms with Crippen LogP contribution in [0.5, 0.6) is 0 Å². The van der Waals surface area contributed by atoms with Gasteiger partial charge in [0.25, 0.3) is 0 Å². The molecule has 0 radical (unpaired) electrons. The number of nitrogens with one attached hydrogen (secondary N) is 1. The summed E-state index contributed by atoms with van der Waals surface area (Å²) in [5.41, 5.74) is 2.78. The van der Waals surface area contributed by atoms with Crippen molar-refractivity contribution < 1.29 is 9.90 Å². The lowest BCUT2D eigenvalue weighted by atomic mass is 10.0. The molecule has 1 aliphatic heterocycles. The summed E-state index contributed by atoms with van der Waals surface area (Å²) in [6.45, 7) is 1.62. The van der Waals surface area contributed by atoms with E-state index in [-0.39, 0.29) is 6.42 Å². The summed E-state index contributed by atoms with van der Waals surface area (Å²) in [4.78, 5) is 19.9. The lowest BCUT2D eigenvalue weighted by Crippen LogP contribution is -2.27. The molecule has 2 N–H and O–H groups in total. The Kier molecular flexibility index (Phi) is 2.55. The standard InChI is InChI=1S/C12H15N3O2/c16-11(17)5-9-8-3-4-13-6-10(8)15-12(14-9)7-1-2-7/h7,13H,1-6H2,(H,16,17). The molecular weight excluding hydrogens is 218 g/mol. The van der Waals surface area contributed by atoms with Gasteiger partial charge in [-0.05, 0) is 31.4 Å². The third-order valence-electron chi connectivity index (χ3n) is 3.30. The van der Waals surface area contributed by atoms with Gasteiger partial charge >= 0.3 is 5.97 Å². The second-order valence-electron chi connectivity index (χ2n) is 4.73. The van der Waals surface area contributed by atoms with Gasteiger partial charge in [0.05, 0.1) is 17.8 Å². The van der Waals surface area contributed by atoms with Gasteiger partial charge in [-0.15, -0.1) is 0 Å². The number of hydrogen-bond acceptors (Lipinski definition) is 4. The topological polar surface area (TPSA) is 75.1 Å². The number of nitrogens with zero attached hydrogens (tertiary/aromatic N) is 2. The van der Waals surface area contributed by atoms with Crippen LogP contribution in [0.15, 0.2) is 0 Å². The van der Waals surface area contributed by atoms with E-state index in [0.717, 1.165) is 55.1 Å². The van der Waals surface area contributed by atoms with Crippen molar-refractivity contribution in [1.29, 1.82) is 0 Å². The Morgan fingerprint density at radius 3 is 2.94 bits per heavy atom. The van der Waals surface area contributed by atoms with Crippen LogP contribution >= 0.6 is 0 Å². The van der Waals surface area contributed by atoms with Crippen LogP contribution in [-0.4, -0.2) is 27.6 Å². The summed E-state index contributed by atoms with van der Waals surface area (Å²) >= 11 is 0. The van der Waals surface area contributed by atoms with Crippen LogP contribution in [0, 0.1) is 0 Å². The Morgan fingerprint density at radius 2 is 2.24 bits per heavy atom. The van der Waals surface area contributed by atoms with Crippen LogP contribution in [0.4, 0.5) is 0 Å². The molecule has 0 unspecified atom stereocenters. The highest BCUT2D eigenvalue weighted by molar-refractivity contribution is 5.70. The van der Waals surface area contributed by atoms with Gasteiger partial charge in [0.15, 0.2) is 0 Å². The van der Waals surface area contributed by atoms with E-state index in [1.165, 1.54) is 0 Å². The summed E-state index contributed by atoms with van der Waals surface area (Å²) in [7, 11) is 0. The van der Waals surface area contributed by atoms with E-state index in [4.69, 9.17) is 5.11 Å². The molecule has 1 aliphatic carbocycles. The quantitative estimate of drug-likeness (QED) is 0.800. The van der Waals surface area contributed by atoms with Crippen molar-refractivity contribution in [1.82, 2.24) is 15.3 Å². The summed E-state index contributed by atoms with van der Waals surface area (Å²) in [5, 5.41) is 12.2. The molecule has 1 aromatic rings. The molecule has 90 valence electrons. The average molecular weight is 233 g/mol. The van der Waals surface area contributed by atoms with Crippen LogP contribution in [0.1, 0.15) is 41.5 Å². The molecule has 5 heteroatoms. The maximum Gasteiger partial charge on any atom is 0.309 e. The van der Waals surface area contributed by atoms with Crippen LogP contribution in [0.25, 0.3) is 0 Å². The summed E-state index contributed by atoms with van der Waals surface area (Å²) in [6, 6.07) is 0. The molecule has 0 aromatic carbocycles. The molecule has 5 nitrogen and oxygen atoms in total. The summed E-state index contributed by atoms with van der Waals surface area (Å²) in [5.74, 6) is 0.504.